The number of furan rings is 1. The van der Waals surface area contributed by atoms with Crippen LogP contribution in [0.5, 0.6) is 0 Å². The van der Waals surface area contributed by atoms with Crippen molar-refractivity contribution in [3.05, 3.63) is 58.0 Å². The van der Waals surface area contributed by atoms with Gasteiger partial charge in [-0.25, -0.2) is 4.79 Å². The smallest absolute Gasteiger partial charge is 0.338 e. The van der Waals surface area contributed by atoms with Crippen LogP contribution in [0.2, 0.25) is 0 Å². The van der Waals surface area contributed by atoms with Crippen molar-refractivity contribution in [3.63, 3.8) is 0 Å². The number of aromatic carboxylic acids is 1. The lowest BCUT2D eigenvalue weighted by molar-refractivity contribution is 0.0696. The molecule has 5 nitrogen and oxygen atoms in total. The van der Waals surface area contributed by atoms with E-state index >= 15 is 0 Å². The molecule has 0 saturated carbocycles. The minimum absolute atomic E-state index is 0.0209. The number of benzene rings is 1. The molecule has 0 radical (unpaired) electrons. The van der Waals surface area contributed by atoms with Crippen molar-refractivity contribution in [2.24, 2.45) is 0 Å². The Labute approximate surface area is 117 Å². The van der Waals surface area contributed by atoms with E-state index in [2.05, 4.69) is 21.2 Å². The van der Waals surface area contributed by atoms with Gasteiger partial charge < -0.3 is 14.8 Å². The third kappa shape index (κ3) is 3.45. The average molecular weight is 324 g/mol. The Kier molecular flexibility index (Phi) is 4.01. The van der Waals surface area contributed by atoms with E-state index in [1.807, 2.05) is 24.3 Å². The van der Waals surface area contributed by atoms with Gasteiger partial charge in [0, 0.05) is 17.1 Å². The van der Waals surface area contributed by atoms with Gasteiger partial charge in [0.2, 0.25) is 0 Å². The number of carboxylic acids is 1. The molecule has 0 saturated heterocycles. The summed E-state index contributed by atoms with van der Waals surface area (Å²) in [4.78, 5) is 22.4. The molecule has 0 aliphatic rings. The lowest BCUT2D eigenvalue weighted by atomic mass is 10.2. The molecule has 98 valence electrons. The highest BCUT2D eigenvalue weighted by Crippen LogP contribution is 2.12. The monoisotopic (exact) mass is 323 g/mol. The molecule has 1 aromatic carbocycles. The molecule has 0 fully saturated rings. The van der Waals surface area contributed by atoms with E-state index in [9.17, 15) is 9.59 Å². The first-order valence-corrected chi connectivity index (χ1v) is 6.20. The molecule has 1 aromatic heterocycles. The van der Waals surface area contributed by atoms with Crippen LogP contribution in [-0.2, 0) is 6.54 Å². The second kappa shape index (κ2) is 5.71. The van der Waals surface area contributed by atoms with Gasteiger partial charge >= 0.3 is 5.97 Å². The maximum Gasteiger partial charge on any atom is 0.338 e. The summed E-state index contributed by atoms with van der Waals surface area (Å²) in [5, 5.41) is 11.4. The van der Waals surface area contributed by atoms with E-state index in [1.54, 1.807) is 0 Å². The molecule has 0 aliphatic heterocycles. The zero-order chi connectivity index (χ0) is 13.8. The van der Waals surface area contributed by atoms with Gasteiger partial charge in [-0.15, -0.1) is 0 Å². The van der Waals surface area contributed by atoms with E-state index in [-0.39, 0.29) is 11.3 Å². The quantitative estimate of drug-likeness (QED) is 0.906. The van der Waals surface area contributed by atoms with Crippen molar-refractivity contribution < 1.29 is 19.1 Å². The van der Waals surface area contributed by atoms with E-state index in [1.165, 1.54) is 6.07 Å². The van der Waals surface area contributed by atoms with Gasteiger partial charge in [-0.3, -0.25) is 4.79 Å². The fourth-order valence-electron chi connectivity index (χ4n) is 1.48. The first kappa shape index (κ1) is 13.4. The number of carbonyl (C=O) groups is 2. The number of rotatable bonds is 4. The van der Waals surface area contributed by atoms with Crippen molar-refractivity contribution in [2.75, 3.05) is 0 Å². The van der Waals surface area contributed by atoms with Gasteiger partial charge in [-0.2, -0.15) is 0 Å². The summed E-state index contributed by atoms with van der Waals surface area (Å²) in [6.45, 7) is 0.335. The minimum Gasteiger partial charge on any atom is -0.478 e. The maximum absolute atomic E-state index is 11.7. The van der Waals surface area contributed by atoms with Crippen LogP contribution in [0.1, 0.15) is 26.5 Å². The standard InChI is InChI=1S/C13H10BrNO4/c14-10-3-1-2-8(4-10)6-15-12(16)11-5-9(7-19-11)13(17)18/h1-5,7H,6H2,(H,15,16)(H,17,18). The SMILES string of the molecule is O=C(O)c1coc(C(=O)NCc2cccc(Br)c2)c1. The molecule has 6 heteroatoms. The molecule has 0 atom stereocenters. The number of hydrogen-bond acceptors (Lipinski definition) is 3. The number of carbonyl (C=O) groups excluding carboxylic acids is 1. The summed E-state index contributed by atoms with van der Waals surface area (Å²) in [6, 6.07) is 8.69. The molecule has 1 amide bonds. The van der Waals surface area contributed by atoms with Crippen LogP contribution in [-0.4, -0.2) is 17.0 Å². The first-order valence-electron chi connectivity index (χ1n) is 5.41. The highest BCUT2D eigenvalue weighted by Gasteiger charge is 2.14. The molecule has 0 spiro atoms. The number of halogens is 1. The predicted molar refractivity (Wildman–Crippen MR) is 71.0 cm³/mol. The second-order valence-corrected chi connectivity index (χ2v) is 4.73. The molecule has 0 bridgehead atoms. The normalized spacial score (nSPS) is 10.2. The first-order chi connectivity index (χ1) is 9.06. The van der Waals surface area contributed by atoms with Gasteiger partial charge in [0.15, 0.2) is 5.76 Å². The summed E-state index contributed by atoms with van der Waals surface area (Å²) in [7, 11) is 0. The van der Waals surface area contributed by atoms with E-state index in [0.29, 0.717) is 6.54 Å². The minimum atomic E-state index is -1.13. The summed E-state index contributed by atoms with van der Waals surface area (Å²) in [5.41, 5.74) is 0.875. The molecule has 2 N–H and O–H groups in total. The Balaban J connectivity index is 1.99. The number of amides is 1. The number of nitrogens with one attached hydrogen (secondary N) is 1. The van der Waals surface area contributed by atoms with Crippen LogP contribution in [0.4, 0.5) is 0 Å². The van der Waals surface area contributed by atoms with Crippen LogP contribution in [0.3, 0.4) is 0 Å². The largest absolute Gasteiger partial charge is 0.478 e. The Morgan fingerprint density at radius 2 is 2.11 bits per heavy atom. The van der Waals surface area contributed by atoms with Gasteiger partial charge in [0.25, 0.3) is 5.91 Å². The number of hydrogen-bond donors (Lipinski definition) is 2. The third-order valence-corrected chi connectivity index (χ3v) is 2.91. The Bertz CT molecular complexity index is 621. The molecule has 0 aliphatic carbocycles. The molecule has 2 aromatic rings. The van der Waals surface area contributed by atoms with E-state index in [4.69, 9.17) is 9.52 Å². The van der Waals surface area contributed by atoms with E-state index in [0.717, 1.165) is 16.3 Å². The molecule has 1 heterocycles. The molecule has 0 unspecified atom stereocenters. The van der Waals surface area contributed by atoms with Crippen LogP contribution in [0.25, 0.3) is 0 Å². The van der Waals surface area contributed by atoms with Crippen molar-refractivity contribution in [1.82, 2.24) is 5.32 Å². The van der Waals surface area contributed by atoms with Crippen molar-refractivity contribution >= 4 is 27.8 Å². The van der Waals surface area contributed by atoms with Crippen LogP contribution >= 0.6 is 15.9 Å². The van der Waals surface area contributed by atoms with Gasteiger partial charge in [0.05, 0.1) is 5.56 Å². The van der Waals surface area contributed by atoms with Gasteiger partial charge in [-0.05, 0) is 17.7 Å². The van der Waals surface area contributed by atoms with Crippen molar-refractivity contribution in [3.8, 4) is 0 Å². The number of carboxylic acid groups (broad SMARTS) is 1. The highest BCUT2D eigenvalue weighted by atomic mass is 79.9. The molecular weight excluding hydrogens is 314 g/mol. The van der Waals surface area contributed by atoms with Crippen LogP contribution in [0.15, 0.2) is 45.5 Å². The topological polar surface area (TPSA) is 79.5 Å². The summed E-state index contributed by atoms with van der Waals surface area (Å²) >= 11 is 3.34. The van der Waals surface area contributed by atoms with Gasteiger partial charge in [-0.1, -0.05) is 28.1 Å². The second-order valence-electron chi connectivity index (χ2n) is 3.82. The van der Waals surface area contributed by atoms with Crippen molar-refractivity contribution in [1.29, 1.82) is 0 Å². The van der Waals surface area contributed by atoms with E-state index < -0.39 is 11.9 Å². The highest BCUT2D eigenvalue weighted by molar-refractivity contribution is 9.10. The Morgan fingerprint density at radius 1 is 1.32 bits per heavy atom. The van der Waals surface area contributed by atoms with Gasteiger partial charge in [0.1, 0.15) is 6.26 Å². The lowest BCUT2D eigenvalue weighted by Gasteiger charge is -2.03. The lowest BCUT2D eigenvalue weighted by Crippen LogP contribution is -2.22. The summed E-state index contributed by atoms with van der Waals surface area (Å²) in [5.74, 6) is -1.60. The fourth-order valence-corrected chi connectivity index (χ4v) is 1.93. The van der Waals surface area contributed by atoms with Crippen LogP contribution in [0, 0.1) is 0 Å². The molecule has 19 heavy (non-hydrogen) atoms. The third-order valence-electron chi connectivity index (χ3n) is 2.41. The maximum atomic E-state index is 11.7. The fraction of sp³-hybridized carbons (Fsp3) is 0.0769. The summed E-state index contributed by atoms with van der Waals surface area (Å²) < 4.78 is 5.82. The van der Waals surface area contributed by atoms with Crippen molar-refractivity contribution in [2.45, 2.75) is 6.54 Å². The molecular formula is C13H10BrNO4. The predicted octanol–water partition coefficient (Wildman–Crippen LogP) is 2.67. The molecule has 2 rings (SSSR count). The zero-order valence-electron chi connectivity index (χ0n) is 9.72. The summed E-state index contributed by atoms with van der Waals surface area (Å²) in [6.07, 6.45) is 1.04. The Hall–Kier alpha value is -2.08. The Morgan fingerprint density at radius 3 is 2.74 bits per heavy atom. The average Bonchev–Trinajstić information content (AvgIpc) is 2.86. The zero-order valence-corrected chi connectivity index (χ0v) is 11.3. The van der Waals surface area contributed by atoms with Crippen LogP contribution < -0.4 is 5.32 Å².